The molecule has 1 aromatic heterocycles. The Balaban J connectivity index is 1.30. The van der Waals surface area contributed by atoms with Crippen molar-refractivity contribution in [3.63, 3.8) is 0 Å². The third kappa shape index (κ3) is 3.50. The molecule has 0 saturated carbocycles. The molecule has 0 amide bonds. The second-order valence-corrected chi connectivity index (χ2v) is 9.65. The number of carboxylic acid groups (broad SMARTS) is 1. The molecule has 0 atom stereocenters. The summed E-state index contributed by atoms with van der Waals surface area (Å²) in [4.78, 5) is 26.8. The largest absolute Gasteiger partial charge is 0.871 e. The van der Waals surface area contributed by atoms with Gasteiger partial charge in [-0.25, -0.2) is 4.79 Å². The van der Waals surface area contributed by atoms with Gasteiger partial charge in [-0.1, -0.05) is 60.4 Å². The predicted molar refractivity (Wildman–Crippen MR) is 147 cm³/mol. The van der Waals surface area contributed by atoms with E-state index >= 15 is 0 Å². The van der Waals surface area contributed by atoms with E-state index in [4.69, 9.17) is 9.15 Å². The second kappa shape index (κ2) is 8.84. The minimum Gasteiger partial charge on any atom is -0.871 e. The highest BCUT2D eigenvalue weighted by Crippen LogP contribution is 2.45. The molecule has 0 fully saturated rings. The fraction of sp³-hybridized carbons (Fsp3) is 0.0938. The molecular formula is C32H22N2O6. The van der Waals surface area contributed by atoms with Crippen molar-refractivity contribution in [2.45, 2.75) is 13.5 Å². The minimum absolute atomic E-state index is 0.00292. The van der Waals surface area contributed by atoms with Crippen molar-refractivity contribution >= 4 is 56.2 Å². The highest BCUT2D eigenvalue weighted by molar-refractivity contribution is 6.23. The van der Waals surface area contributed by atoms with E-state index in [0.717, 1.165) is 27.2 Å². The van der Waals surface area contributed by atoms with Crippen molar-refractivity contribution in [1.82, 2.24) is 0 Å². The molecule has 1 aliphatic carbocycles. The van der Waals surface area contributed by atoms with Gasteiger partial charge in [0, 0.05) is 40.6 Å². The lowest BCUT2D eigenvalue weighted by atomic mass is 9.87. The summed E-state index contributed by atoms with van der Waals surface area (Å²) in [6.07, 6.45) is 2.82. The number of aliphatic carboxylic acids is 1. The van der Waals surface area contributed by atoms with E-state index in [-0.39, 0.29) is 23.6 Å². The topological polar surface area (TPSA) is 107 Å². The van der Waals surface area contributed by atoms with E-state index in [0.29, 0.717) is 29.3 Å². The van der Waals surface area contributed by atoms with Crippen LogP contribution in [0.3, 0.4) is 0 Å². The number of hydrogen-bond donors (Lipinski definition) is 1. The van der Waals surface area contributed by atoms with Gasteiger partial charge in [-0.05, 0) is 29.8 Å². The fourth-order valence-corrected chi connectivity index (χ4v) is 5.44. The predicted octanol–water partition coefficient (Wildman–Crippen LogP) is 4.45. The van der Waals surface area contributed by atoms with Gasteiger partial charge in [0.25, 0.3) is 5.52 Å². The zero-order valence-corrected chi connectivity index (χ0v) is 21.4. The number of anilines is 1. The number of fused-ring (bicyclic) bond motifs is 6. The number of oxazole rings is 1. The van der Waals surface area contributed by atoms with E-state index in [1.165, 1.54) is 16.7 Å². The number of aromatic nitrogens is 1. The van der Waals surface area contributed by atoms with Crippen molar-refractivity contribution in [3.05, 3.63) is 108 Å². The Labute approximate surface area is 227 Å². The van der Waals surface area contributed by atoms with Gasteiger partial charge in [-0.2, -0.15) is 0 Å². The second-order valence-electron chi connectivity index (χ2n) is 9.65. The summed E-state index contributed by atoms with van der Waals surface area (Å²) in [5.41, 5.74) is 1.84. The number of ether oxygens (including phenoxy) is 1. The van der Waals surface area contributed by atoms with Gasteiger partial charge in [0.1, 0.15) is 0 Å². The number of hydrogen-bond acceptors (Lipinski definition) is 6. The highest BCUT2D eigenvalue weighted by atomic mass is 16.5. The molecule has 1 N–H and O–H groups in total. The van der Waals surface area contributed by atoms with E-state index in [1.54, 1.807) is 6.07 Å². The van der Waals surface area contributed by atoms with Crippen LogP contribution in [-0.4, -0.2) is 23.4 Å². The first kappa shape index (κ1) is 23.7. The molecule has 2 aliphatic rings. The zero-order chi connectivity index (χ0) is 27.5. The number of carboxylic acids is 1. The van der Waals surface area contributed by atoms with Gasteiger partial charge >= 0.3 is 11.9 Å². The molecule has 0 bridgehead atoms. The van der Waals surface area contributed by atoms with Crippen LogP contribution in [0.15, 0.2) is 106 Å². The van der Waals surface area contributed by atoms with Crippen LogP contribution in [0.1, 0.15) is 12.8 Å². The van der Waals surface area contributed by atoms with E-state index in [2.05, 4.69) is 0 Å². The molecule has 196 valence electrons. The van der Waals surface area contributed by atoms with Crippen LogP contribution in [0.25, 0.3) is 38.7 Å². The lowest BCUT2D eigenvalue weighted by Crippen LogP contribution is -2.40. The normalized spacial score (nSPS) is 16.8. The standard InChI is InChI=1S/C32H22N2O6/c1-2-33-24-13-11-18-7-3-5-9-20(18)31(24)39-26(33)15-22-29(37)23(30(22)38)16-27-34(17-28(35)36)25-14-12-19-8-4-6-10-21(19)32(25)40-27/h3-16H,2,17H2,1H3,(H-,35,36,37,38). The van der Waals surface area contributed by atoms with Gasteiger partial charge in [0.15, 0.2) is 11.5 Å². The number of allylic oxidation sites excluding steroid dienone is 3. The van der Waals surface area contributed by atoms with Crippen LogP contribution in [0.4, 0.5) is 5.69 Å². The maximum absolute atomic E-state index is 13.2. The van der Waals surface area contributed by atoms with E-state index < -0.39 is 17.5 Å². The Morgan fingerprint density at radius 1 is 0.975 bits per heavy atom. The van der Waals surface area contributed by atoms with Crippen molar-refractivity contribution in [3.8, 4) is 5.75 Å². The van der Waals surface area contributed by atoms with Crippen molar-refractivity contribution in [2.24, 2.45) is 0 Å². The van der Waals surface area contributed by atoms with Gasteiger partial charge in [0.05, 0.1) is 11.8 Å². The quantitative estimate of drug-likeness (QED) is 0.264. The number of ketones is 1. The summed E-state index contributed by atoms with van der Waals surface area (Å²) in [6, 6.07) is 23.1. The molecular weight excluding hydrogens is 508 g/mol. The molecule has 40 heavy (non-hydrogen) atoms. The highest BCUT2D eigenvalue weighted by Gasteiger charge is 2.34. The summed E-state index contributed by atoms with van der Waals surface area (Å²) >= 11 is 0. The average molecular weight is 531 g/mol. The molecule has 8 heteroatoms. The summed E-state index contributed by atoms with van der Waals surface area (Å²) in [5.74, 6) is -0.778. The summed E-state index contributed by atoms with van der Waals surface area (Å²) in [6.45, 7) is 2.16. The third-order valence-corrected chi connectivity index (χ3v) is 7.37. The van der Waals surface area contributed by atoms with Gasteiger partial charge < -0.3 is 24.3 Å². The maximum Gasteiger partial charge on any atom is 0.375 e. The lowest BCUT2D eigenvalue weighted by molar-refractivity contribution is -0.666. The Bertz CT molecular complexity index is 2010. The lowest BCUT2D eigenvalue weighted by Gasteiger charge is -2.28. The first-order valence-corrected chi connectivity index (χ1v) is 12.9. The number of carbonyl (C=O) groups excluding carboxylic acids is 1. The molecule has 0 spiro atoms. The van der Waals surface area contributed by atoms with Crippen molar-refractivity contribution < 1.29 is 33.5 Å². The Morgan fingerprint density at radius 3 is 2.40 bits per heavy atom. The van der Waals surface area contributed by atoms with Crippen LogP contribution < -0.4 is 19.3 Å². The number of Topliss-reactive ketones (excluding diaryl/α,β-unsaturated/α-hetero) is 1. The third-order valence-electron chi connectivity index (χ3n) is 7.37. The molecule has 0 saturated heterocycles. The van der Waals surface area contributed by atoms with Crippen LogP contribution in [0.2, 0.25) is 0 Å². The van der Waals surface area contributed by atoms with Gasteiger partial charge in [-0.3, -0.25) is 4.79 Å². The van der Waals surface area contributed by atoms with E-state index in [9.17, 15) is 19.8 Å². The number of benzene rings is 4. The fourth-order valence-electron chi connectivity index (χ4n) is 5.44. The molecule has 4 aromatic carbocycles. The Morgan fingerprint density at radius 2 is 1.68 bits per heavy atom. The van der Waals surface area contributed by atoms with Crippen molar-refractivity contribution in [1.29, 1.82) is 0 Å². The molecule has 2 heterocycles. The Kier molecular flexibility index (Phi) is 5.25. The smallest absolute Gasteiger partial charge is 0.375 e. The molecule has 7 rings (SSSR count). The van der Waals surface area contributed by atoms with Gasteiger partial charge in [-0.15, -0.1) is 4.57 Å². The maximum atomic E-state index is 13.2. The van der Waals surface area contributed by atoms with Gasteiger partial charge in [0.2, 0.25) is 18.0 Å². The summed E-state index contributed by atoms with van der Waals surface area (Å²) in [5, 5.41) is 26.4. The van der Waals surface area contributed by atoms with Crippen molar-refractivity contribution in [2.75, 3.05) is 11.4 Å². The molecule has 5 aromatic rings. The molecule has 0 radical (unpaired) electrons. The summed E-state index contributed by atoms with van der Waals surface area (Å²) < 4.78 is 13.7. The zero-order valence-electron chi connectivity index (χ0n) is 21.4. The molecule has 8 nitrogen and oxygen atoms in total. The Hall–Kier alpha value is -5.37. The molecule has 0 unspecified atom stereocenters. The van der Waals surface area contributed by atoms with Crippen LogP contribution in [0.5, 0.6) is 5.75 Å². The van der Waals surface area contributed by atoms with Crippen LogP contribution >= 0.6 is 0 Å². The number of nitrogens with zero attached hydrogens (tertiary/aromatic N) is 2. The minimum atomic E-state index is -1.08. The number of rotatable bonds is 5. The summed E-state index contributed by atoms with van der Waals surface area (Å²) in [7, 11) is 0. The SMILES string of the molecule is CCN1/C(=C/C2=C([O-])C(=C/c3oc4c5ccccc5ccc4[n+]3CC(=O)O)/C2=O)Oc2c1ccc1ccccc21. The average Bonchev–Trinajstić information content (AvgIpc) is 3.51. The van der Waals surface area contributed by atoms with Crippen LogP contribution in [-0.2, 0) is 16.1 Å². The first-order chi connectivity index (χ1) is 19.4. The number of carbonyl (C=O) groups is 2. The molecule has 1 aliphatic heterocycles. The van der Waals surface area contributed by atoms with Crippen LogP contribution in [0, 0.1) is 0 Å². The van der Waals surface area contributed by atoms with E-state index in [1.807, 2.05) is 78.6 Å². The monoisotopic (exact) mass is 530 g/mol. The first-order valence-electron chi connectivity index (χ1n) is 12.9.